The lowest BCUT2D eigenvalue weighted by atomic mass is 9.93. The number of aromatic nitrogens is 2. The lowest BCUT2D eigenvalue weighted by Crippen LogP contribution is -2.49. The molecule has 1 saturated heterocycles. The molecule has 0 radical (unpaired) electrons. The van der Waals surface area contributed by atoms with Gasteiger partial charge >= 0.3 is 0 Å². The largest absolute Gasteiger partial charge is 0.356 e. The fraction of sp³-hybridized carbons (Fsp3) is 0.765. The van der Waals surface area contributed by atoms with Gasteiger partial charge in [0.1, 0.15) is 0 Å². The third kappa shape index (κ3) is 4.49. The Morgan fingerprint density at radius 1 is 1.36 bits per heavy atom. The van der Waals surface area contributed by atoms with Crippen molar-refractivity contribution in [2.45, 2.75) is 52.0 Å². The maximum absolute atomic E-state index is 4.48. The zero-order valence-electron chi connectivity index (χ0n) is 14.3. The molecule has 2 rings (SSSR count). The average Bonchev–Trinajstić information content (AvgIpc) is 3.06. The molecule has 1 N–H and O–H groups in total. The summed E-state index contributed by atoms with van der Waals surface area (Å²) < 4.78 is 2.24. The number of guanidine groups is 1. The number of rotatable bonds is 6. The molecule has 0 amide bonds. The highest BCUT2D eigenvalue weighted by Gasteiger charge is 2.28. The summed E-state index contributed by atoms with van der Waals surface area (Å²) in [6.07, 6.45) is 12.2. The van der Waals surface area contributed by atoms with E-state index in [1.165, 1.54) is 32.1 Å². The van der Waals surface area contributed by atoms with Crippen LogP contribution in [-0.4, -0.2) is 47.1 Å². The highest BCUT2D eigenvalue weighted by atomic mass is 15.3. The molecule has 0 spiro atoms. The number of unbranched alkanes of at least 4 members (excludes halogenated alkanes) is 3. The van der Waals surface area contributed by atoms with Crippen molar-refractivity contribution in [3.8, 4) is 0 Å². The number of imidazole rings is 1. The Hall–Kier alpha value is -1.52. The van der Waals surface area contributed by atoms with Crippen LogP contribution in [0.1, 0.15) is 52.0 Å². The van der Waals surface area contributed by atoms with Crippen molar-refractivity contribution in [3.63, 3.8) is 0 Å². The van der Waals surface area contributed by atoms with Crippen LogP contribution in [0.15, 0.2) is 23.7 Å². The van der Waals surface area contributed by atoms with Gasteiger partial charge in [-0.25, -0.2) is 4.98 Å². The van der Waals surface area contributed by atoms with Gasteiger partial charge in [0.15, 0.2) is 5.96 Å². The average molecular weight is 305 g/mol. The van der Waals surface area contributed by atoms with E-state index in [-0.39, 0.29) is 0 Å². The topological polar surface area (TPSA) is 45.5 Å². The predicted octanol–water partition coefficient (Wildman–Crippen LogP) is 2.92. The zero-order valence-corrected chi connectivity index (χ0v) is 14.3. The molecule has 5 heteroatoms. The summed E-state index contributed by atoms with van der Waals surface area (Å²) in [5.74, 6) is 1.72. The van der Waals surface area contributed by atoms with Crippen molar-refractivity contribution in [2.75, 3.05) is 26.7 Å². The van der Waals surface area contributed by atoms with Gasteiger partial charge in [0.25, 0.3) is 0 Å². The van der Waals surface area contributed by atoms with Crippen LogP contribution in [0.4, 0.5) is 0 Å². The van der Waals surface area contributed by atoms with Gasteiger partial charge in [-0.15, -0.1) is 0 Å². The molecule has 22 heavy (non-hydrogen) atoms. The second kappa shape index (κ2) is 8.81. The van der Waals surface area contributed by atoms with Gasteiger partial charge in [-0.05, 0) is 18.8 Å². The van der Waals surface area contributed by atoms with Crippen LogP contribution in [0.3, 0.4) is 0 Å². The number of hydrogen-bond donors (Lipinski definition) is 1. The molecule has 1 aromatic heterocycles. The van der Waals surface area contributed by atoms with Crippen LogP contribution in [0.5, 0.6) is 0 Å². The molecule has 0 aromatic carbocycles. The fourth-order valence-corrected chi connectivity index (χ4v) is 3.18. The maximum Gasteiger partial charge on any atom is 0.193 e. The zero-order chi connectivity index (χ0) is 15.8. The highest BCUT2D eigenvalue weighted by molar-refractivity contribution is 5.80. The number of piperidine rings is 1. The molecule has 0 aliphatic carbocycles. The van der Waals surface area contributed by atoms with Gasteiger partial charge in [0.05, 0.1) is 12.4 Å². The van der Waals surface area contributed by atoms with Gasteiger partial charge in [-0.1, -0.05) is 33.1 Å². The number of likely N-dealkylation sites (tertiary alicyclic amines) is 1. The minimum atomic E-state index is 0.481. The van der Waals surface area contributed by atoms with Gasteiger partial charge < -0.3 is 14.8 Å². The minimum Gasteiger partial charge on any atom is -0.356 e. The summed E-state index contributed by atoms with van der Waals surface area (Å²) in [7, 11) is 1.89. The van der Waals surface area contributed by atoms with Crippen molar-refractivity contribution < 1.29 is 0 Å². The Labute approximate surface area is 134 Å². The smallest absolute Gasteiger partial charge is 0.193 e. The quantitative estimate of drug-likeness (QED) is 0.499. The van der Waals surface area contributed by atoms with Crippen LogP contribution in [0.2, 0.25) is 0 Å². The third-order valence-corrected chi connectivity index (χ3v) is 4.65. The van der Waals surface area contributed by atoms with Crippen molar-refractivity contribution in [2.24, 2.45) is 10.9 Å². The Morgan fingerprint density at radius 2 is 2.23 bits per heavy atom. The molecule has 1 fully saturated rings. The number of nitrogens with zero attached hydrogens (tertiary/aromatic N) is 4. The van der Waals surface area contributed by atoms with E-state index >= 15 is 0 Å². The Balaban J connectivity index is 1.87. The summed E-state index contributed by atoms with van der Waals surface area (Å²) >= 11 is 0. The molecular formula is C17H31N5. The summed E-state index contributed by atoms with van der Waals surface area (Å²) in [6, 6.07) is 0.481. The molecule has 1 aliphatic rings. The van der Waals surface area contributed by atoms with Crippen molar-refractivity contribution in [1.82, 2.24) is 19.8 Å². The fourth-order valence-electron chi connectivity index (χ4n) is 3.18. The monoisotopic (exact) mass is 305 g/mol. The molecule has 124 valence electrons. The summed E-state index contributed by atoms with van der Waals surface area (Å²) in [4.78, 5) is 11.1. The van der Waals surface area contributed by atoms with E-state index in [0.717, 1.165) is 25.6 Å². The minimum absolute atomic E-state index is 0.481. The molecule has 2 atom stereocenters. The van der Waals surface area contributed by atoms with E-state index in [0.29, 0.717) is 12.0 Å². The first-order valence-electron chi connectivity index (χ1n) is 8.69. The standard InChI is InChI=1S/C17H31N5/c1-4-5-6-7-9-20-17(18-3)21-11-8-15(2)16(13-21)22-12-10-19-14-22/h10,12,14-16H,4-9,11,13H2,1-3H3,(H,18,20). The van der Waals surface area contributed by atoms with Gasteiger partial charge in [-0.3, -0.25) is 4.99 Å². The second-order valence-corrected chi connectivity index (χ2v) is 6.32. The molecule has 1 aliphatic heterocycles. The van der Waals surface area contributed by atoms with Crippen LogP contribution in [-0.2, 0) is 0 Å². The van der Waals surface area contributed by atoms with E-state index in [2.05, 4.69) is 44.8 Å². The van der Waals surface area contributed by atoms with E-state index in [1.54, 1.807) is 0 Å². The van der Waals surface area contributed by atoms with Crippen molar-refractivity contribution in [1.29, 1.82) is 0 Å². The molecule has 5 nitrogen and oxygen atoms in total. The first-order chi connectivity index (χ1) is 10.8. The normalized spacial score (nSPS) is 22.9. The second-order valence-electron chi connectivity index (χ2n) is 6.32. The molecule has 0 saturated carbocycles. The van der Waals surface area contributed by atoms with Gasteiger partial charge in [0, 0.05) is 39.1 Å². The summed E-state index contributed by atoms with van der Waals surface area (Å²) in [5.41, 5.74) is 0. The number of aliphatic imine (C=N–C) groups is 1. The Kier molecular flexibility index (Phi) is 6.74. The Bertz CT molecular complexity index is 440. The number of hydrogen-bond acceptors (Lipinski definition) is 2. The van der Waals surface area contributed by atoms with Crippen LogP contribution >= 0.6 is 0 Å². The van der Waals surface area contributed by atoms with Crippen molar-refractivity contribution >= 4 is 5.96 Å². The SMILES string of the molecule is CCCCCCNC(=NC)N1CCC(C)C(n2ccnc2)C1. The number of nitrogens with one attached hydrogen (secondary N) is 1. The molecule has 2 heterocycles. The van der Waals surface area contributed by atoms with Crippen LogP contribution in [0, 0.1) is 5.92 Å². The molecule has 2 unspecified atom stereocenters. The maximum atomic E-state index is 4.48. The lowest BCUT2D eigenvalue weighted by molar-refractivity contribution is 0.189. The van der Waals surface area contributed by atoms with E-state index < -0.39 is 0 Å². The molecule has 1 aromatic rings. The Morgan fingerprint density at radius 3 is 2.91 bits per heavy atom. The van der Waals surface area contributed by atoms with Gasteiger partial charge in [-0.2, -0.15) is 0 Å². The van der Waals surface area contributed by atoms with Crippen LogP contribution < -0.4 is 5.32 Å². The lowest BCUT2D eigenvalue weighted by Gasteiger charge is -2.39. The van der Waals surface area contributed by atoms with Crippen molar-refractivity contribution in [3.05, 3.63) is 18.7 Å². The summed E-state index contributed by atoms with van der Waals surface area (Å²) in [5, 5.41) is 3.53. The van der Waals surface area contributed by atoms with E-state index in [1.807, 2.05) is 19.6 Å². The third-order valence-electron chi connectivity index (χ3n) is 4.65. The van der Waals surface area contributed by atoms with E-state index in [9.17, 15) is 0 Å². The first kappa shape index (κ1) is 16.8. The predicted molar refractivity (Wildman–Crippen MR) is 92.1 cm³/mol. The summed E-state index contributed by atoms with van der Waals surface area (Å²) in [6.45, 7) is 7.70. The van der Waals surface area contributed by atoms with E-state index in [4.69, 9.17) is 0 Å². The molecular weight excluding hydrogens is 274 g/mol. The molecule has 0 bridgehead atoms. The highest BCUT2D eigenvalue weighted by Crippen LogP contribution is 2.27. The van der Waals surface area contributed by atoms with Gasteiger partial charge in [0.2, 0.25) is 0 Å². The van der Waals surface area contributed by atoms with Crippen LogP contribution in [0.25, 0.3) is 0 Å². The first-order valence-corrected chi connectivity index (χ1v) is 8.69.